The summed E-state index contributed by atoms with van der Waals surface area (Å²) < 4.78 is 27.8. The Labute approximate surface area is 156 Å². The van der Waals surface area contributed by atoms with Crippen LogP contribution in [0, 0.1) is 5.92 Å². The molecule has 1 atom stereocenters. The number of aryl methyl sites for hydroxylation is 1. The fraction of sp³-hybridized carbons (Fsp3) is 0.333. The van der Waals surface area contributed by atoms with E-state index < -0.39 is 17.9 Å². The monoisotopic (exact) mass is 387 g/mol. The van der Waals surface area contributed by atoms with Gasteiger partial charge >= 0.3 is 0 Å². The summed E-state index contributed by atoms with van der Waals surface area (Å²) in [7, 11) is 1.84. The van der Waals surface area contributed by atoms with Crippen LogP contribution in [0.4, 0.5) is 8.78 Å². The lowest BCUT2D eigenvalue weighted by Crippen LogP contribution is -2.38. The van der Waals surface area contributed by atoms with Crippen LogP contribution >= 0.6 is 11.3 Å². The number of aliphatic hydroxyl groups excluding tert-OH is 1. The fourth-order valence-corrected chi connectivity index (χ4v) is 4.44. The maximum atomic E-state index is 13.1. The average molecular weight is 387 g/mol. The number of fused-ring (bicyclic) bond motifs is 2. The van der Waals surface area contributed by atoms with Gasteiger partial charge in [0.25, 0.3) is 0 Å². The van der Waals surface area contributed by atoms with Crippen molar-refractivity contribution >= 4 is 32.7 Å². The molecule has 0 saturated heterocycles. The lowest BCUT2D eigenvalue weighted by Gasteiger charge is -2.37. The minimum atomic E-state index is -2.66. The van der Waals surface area contributed by atoms with E-state index in [1.54, 1.807) is 10.9 Å². The Hall–Kier alpha value is -2.52. The van der Waals surface area contributed by atoms with Gasteiger partial charge in [-0.15, -0.1) is 0 Å². The van der Waals surface area contributed by atoms with E-state index in [1.807, 2.05) is 31.4 Å². The van der Waals surface area contributed by atoms with Gasteiger partial charge in [-0.25, -0.2) is 23.7 Å². The van der Waals surface area contributed by atoms with Gasteiger partial charge in [-0.3, -0.25) is 4.68 Å². The van der Waals surface area contributed by atoms with E-state index in [9.17, 15) is 13.9 Å². The van der Waals surface area contributed by atoms with Gasteiger partial charge in [0.05, 0.1) is 5.69 Å². The second-order valence-electron chi connectivity index (χ2n) is 6.98. The van der Waals surface area contributed by atoms with Gasteiger partial charge in [0, 0.05) is 49.2 Å². The van der Waals surface area contributed by atoms with Crippen LogP contribution in [0.25, 0.3) is 32.6 Å². The summed E-state index contributed by atoms with van der Waals surface area (Å²) in [6.07, 6.45) is 2.05. The number of aromatic nitrogens is 5. The number of hydrogen-bond donors (Lipinski definition) is 1. The van der Waals surface area contributed by atoms with Crippen molar-refractivity contribution in [3.63, 3.8) is 0 Å². The van der Waals surface area contributed by atoms with Crippen LogP contribution < -0.4 is 0 Å². The molecule has 6 nitrogen and oxygen atoms in total. The molecule has 9 heteroatoms. The van der Waals surface area contributed by atoms with Crippen LogP contribution in [0.2, 0.25) is 0 Å². The quantitative estimate of drug-likeness (QED) is 0.580. The number of alkyl halides is 2. The Morgan fingerprint density at radius 2 is 2.11 bits per heavy atom. The summed E-state index contributed by atoms with van der Waals surface area (Å²) in [6, 6.07) is 5.64. The number of halogens is 2. The van der Waals surface area contributed by atoms with E-state index in [4.69, 9.17) is 0 Å². The van der Waals surface area contributed by atoms with Crippen LogP contribution in [-0.4, -0.2) is 35.8 Å². The second-order valence-corrected chi connectivity index (χ2v) is 7.99. The summed E-state index contributed by atoms with van der Waals surface area (Å²) in [5.41, 5.74) is 2.91. The van der Waals surface area contributed by atoms with Crippen molar-refractivity contribution in [3.05, 3.63) is 35.6 Å². The van der Waals surface area contributed by atoms with Crippen LogP contribution in [0.1, 0.15) is 24.0 Å². The summed E-state index contributed by atoms with van der Waals surface area (Å²) in [4.78, 5) is 14.0. The van der Waals surface area contributed by atoms with Gasteiger partial charge in [-0.1, -0.05) is 11.3 Å². The first-order valence-electron chi connectivity index (χ1n) is 8.51. The maximum absolute atomic E-state index is 13.1. The first-order chi connectivity index (χ1) is 12.9. The number of aliphatic hydroxyl groups is 1. The highest BCUT2D eigenvalue weighted by atomic mass is 32.1. The third-order valence-electron chi connectivity index (χ3n) is 4.86. The summed E-state index contributed by atoms with van der Waals surface area (Å²) in [6.45, 7) is 0. The number of rotatable bonds is 3. The van der Waals surface area contributed by atoms with Crippen molar-refractivity contribution in [1.82, 2.24) is 24.7 Å². The Morgan fingerprint density at radius 1 is 1.30 bits per heavy atom. The fourth-order valence-electron chi connectivity index (χ4n) is 3.43. The number of pyridine rings is 2. The predicted octanol–water partition coefficient (Wildman–Crippen LogP) is 3.72. The zero-order valence-electron chi connectivity index (χ0n) is 14.3. The Bertz CT molecular complexity index is 1160. The van der Waals surface area contributed by atoms with Crippen molar-refractivity contribution < 1.29 is 13.9 Å². The molecular weight excluding hydrogens is 372 g/mol. The molecule has 138 valence electrons. The second kappa shape index (κ2) is 5.74. The molecular formula is C18H15F2N5OS. The molecule has 0 aliphatic heterocycles. The van der Waals surface area contributed by atoms with E-state index in [0.29, 0.717) is 21.0 Å². The molecule has 0 spiro atoms. The molecule has 1 unspecified atom stereocenters. The molecule has 1 saturated carbocycles. The number of nitrogens with zero attached hydrogens (tertiary/aromatic N) is 5. The number of hydrogen-bond acceptors (Lipinski definition) is 6. The van der Waals surface area contributed by atoms with Crippen molar-refractivity contribution in [2.24, 2.45) is 13.0 Å². The minimum Gasteiger partial charge on any atom is -0.386 e. The lowest BCUT2D eigenvalue weighted by molar-refractivity contribution is -0.142. The zero-order valence-corrected chi connectivity index (χ0v) is 15.1. The molecule has 27 heavy (non-hydrogen) atoms. The van der Waals surface area contributed by atoms with Crippen LogP contribution in [0.15, 0.2) is 30.6 Å². The molecule has 1 N–H and O–H groups in total. The van der Waals surface area contributed by atoms with E-state index in [-0.39, 0.29) is 12.8 Å². The van der Waals surface area contributed by atoms with E-state index in [1.165, 1.54) is 11.3 Å². The van der Waals surface area contributed by atoms with Gasteiger partial charge in [-0.2, -0.15) is 5.10 Å². The molecule has 4 aromatic rings. The topological polar surface area (TPSA) is 76.7 Å². The van der Waals surface area contributed by atoms with Gasteiger partial charge < -0.3 is 5.11 Å². The smallest absolute Gasteiger partial charge is 0.248 e. The molecule has 0 radical (unpaired) electrons. The molecule has 4 aromatic heterocycles. The third kappa shape index (κ3) is 2.87. The highest BCUT2D eigenvalue weighted by molar-refractivity contribution is 7.18. The van der Waals surface area contributed by atoms with Crippen LogP contribution in [0.3, 0.4) is 0 Å². The Kier molecular flexibility index (Phi) is 3.54. The molecule has 0 bridgehead atoms. The van der Waals surface area contributed by atoms with Gasteiger partial charge in [0.15, 0.2) is 5.65 Å². The number of thiazole rings is 1. The van der Waals surface area contributed by atoms with Crippen molar-refractivity contribution in [1.29, 1.82) is 0 Å². The van der Waals surface area contributed by atoms with Crippen molar-refractivity contribution in [2.75, 3.05) is 0 Å². The standard InChI is InChI=1S/C18H15F2N5OS/c1-25-8-10-4-9(7-21-15(10)24-25)12-2-3-13-16(22-12)27-17(23-13)14(26)11-5-18(19,20)6-11/h2-4,7-8,11,14,26H,5-6H2,1H3. The molecule has 1 aliphatic carbocycles. The highest BCUT2D eigenvalue weighted by Gasteiger charge is 2.49. The molecule has 0 aromatic carbocycles. The summed E-state index contributed by atoms with van der Waals surface area (Å²) in [5.74, 6) is -3.11. The minimum absolute atomic E-state index is 0.292. The summed E-state index contributed by atoms with van der Waals surface area (Å²) in [5, 5.41) is 16.0. The highest BCUT2D eigenvalue weighted by Crippen LogP contribution is 2.49. The van der Waals surface area contributed by atoms with E-state index in [0.717, 1.165) is 16.6 Å². The largest absolute Gasteiger partial charge is 0.386 e. The first-order valence-corrected chi connectivity index (χ1v) is 9.33. The third-order valence-corrected chi connectivity index (χ3v) is 5.90. The van der Waals surface area contributed by atoms with Crippen molar-refractivity contribution in [2.45, 2.75) is 24.9 Å². The van der Waals surface area contributed by atoms with Crippen LogP contribution in [-0.2, 0) is 7.05 Å². The molecule has 0 amide bonds. The first kappa shape index (κ1) is 16.6. The van der Waals surface area contributed by atoms with E-state index in [2.05, 4.69) is 20.1 Å². The molecule has 1 aliphatic rings. The lowest BCUT2D eigenvalue weighted by atomic mass is 9.78. The Balaban J connectivity index is 1.47. The maximum Gasteiger partial charge on any atom is 0.248 e. The SMILES string of the molecule is Cn1cc2cc(-c3ccc4nc(C(O)C5CC(F)(F)C5)sc4n3)cnc2n1. The summed E-state index contributed by atoms with van der Waals surface area (Å²) >= 11 is 1.25. The normalized spacial score (nSPS) is 18.1. The predicted molar refractivity (Wildman–Crippen MR) is 97.5 cm³/mol. The molecule has 1 fully saturated rings. The van der Waals surface area contributed by atoms with E-state index >= 15 is 0 Å². The zero-order chi connectivity index (χ0) is 18.8. The molecule has 4 heterocycles. The van der Waals surface area contributed by atoms with Gasteiger partial charge in [0.1, 0.15) is 21.5 Å². The van der Waals surface area contributed by atoms with Gasteiger partial charge in [0.2, 0.25) is 5.92 Å². The van der Waals surface area contributed by atoms with Crippen molar-refractivity contribution in [3.8, 4) is 11.3 Å². The average Bonchev–Trinajstić information content (AvgIpc) is 3.19. The Morgan fingerprint density at radius 3 is 2.89 bits per heavy atom. The van der Waals surface area contributed by atoms with Crippen LogP contribution in [0.5, 0.6) is 0 Å². The molecule has 5 rings (SSSR count). The van der Waals surface area contributed by atoms with Gasteiger partial charge in [-0.05, 0) is 18.2 Å².